The standard InChI is InChI=1S/C20H24N4O4/c1-12-5-7-24(8-6-12)20-22-15(10-18(25)23-20)13(2)21-19(26)14-3-4-16-17(9-14)28-11-27-16/h3-4,9-10,12-13H,5-8,11H2,1-2H3,(H,21,26)(H,22,23,25)/t13-/m1/s1. The maximum absolute atomic E-state index is 12.6. The van der Waals surface area contributed by atoms with Crippen molar-refractivity contribution in [3.05, 3.63) is 45.9 Å². The van der Waals surface area contributed by atoms with Crippen LogP contribution in [-0.4, -0.2) is 35.8 Å². The molecule has 148 valence electrons. The van der Waals surface area contributed by atoms with Crippen LogP contribution in [0.4, 0.5) is 5.95 Å². The summed E-state index contributed by atoms with van der Waals surface area (Å²) in [6.07, 6.45) is 2.15. The minimum Gasteiger partial charge on any atom is -0.454 e. The van der Waals surface area contributed by atoms with E-state index in [2.05, 4.69) is 27.1 Å². The first-order chi connectivity index (χ1) is 13.5. The van der Waals surface area contributed by atoms with Crippen molar-refractivity contribution in [3.8, 4) is 11.5 Å². The van der Waals surface area contributed by atoms with Crippen LogP contribution in [0.25, 0.3) is 0 Å². The first-order valence-electron chi connectivity index (χ1n) is 9.56. The maximum atomic E-state index is 12.6. The number of aromatic nitrogens is 2. The van der Waals surface area contributed by atoms with Crippen molar-refractivity contribution in [1.29, 1.82) is 0 Å². The summed E-state index contributed by atoms with van der Waals surface area (Å²) in [5.41, 5.74) is 0.778. The summed E-state index contributed by atoms with van der Waals surface area (Å²) in [5, 5.41) is 2.90. The molecule has 4 rings (SSSR count). The van der Waals surface area contributed by atoms with Gasteiger partial charge in [0.05, 0.1) is 11.7 Å². The fourth-order valence-electron chi connectivity index (χ4n) is 3.45. The third-order valence-electron chi connectivity index (χ3n) is 5.26. The van der Waals surface area contributed by atoms with E-state index in [4.69, 9.17) is 9.47 Å². The highest BCUT2D eigenvalue weighted by molar-refractivity contribution is 5.95. The highest BCUT2D eigenvalue weighted by atomic mass is 16.7. The molecule has 1 amide bonds. The van der Waals surface area contributed by atoms with Gasteiger partial charge >= 0.3 is 0 Å². The quantitative estimate of drug-likeness (QED) is 0.839. The molecule has 0 spiro atoms. The fourth-order valence-corrected chi connectivity index (χ4v) is 3.45. The zero-order valence-electron chi connectivity index (χ0n) is 16.0. The Labute approximate surface area is 162 Å². The molecule has 0 aliphatic carbocycles. The topological polar surface area (TPSA) is 96.6 Å². The lowest BCUT2D eigenvalue weighted by molar-refractivity contribution is 0.0938. The van der Waals surface area contributed by atoms with Crippen molar-refractivity contribution in [2.24, 2.45) is 5.92 Å². The van der Waals surface area contributed by atoms with Gasteiger partial charge in [0.15, 0.2) is 11.5 Å². The molecule has 8 nitrogen and oxygen atoms in total. The summed E-state index contributed by atoms with van der Waals surface area (Å²) in [4.78, 5) is 34.3. The van der Waals surface area contributed by atoms with Gasteiger partial charge in [-0.2, -0.15) is 0 Å². The molecule has 0 unspecified atom stereocenters. The van der Waals surface area contributed by atoms with Crippen molar-refractivity contribution in [2.45, 2.75) is 32.7 Å². The number of carbonyl (C=O) groups excluding carboxylic acids is 1. The number of aromatic amines is 1. The molecule has 1 aromatic carbocycles. The Bertz CT molecular complexity index is 934. The third kappa shape index (κ3) is 3.81. The summed E-state index contributed by atoms with van der Waals surface area (Å²) >= 11 is 0. The van der Waals surface area contributed by atoms with Gasteiger partial charge in [0.25, 0.3) is 11.5 Å². The molecule has 1 fully saturated rings. The summed E-state index contributed by atoms with van der Waals surface area (Å²) in [7, 11) is 0. The van der Waals surface area contributed by atoms with Gasteiger partial charge in [0.1, 0.15) is 0 Å². The molecule has 2 aromatic rings. The van der Waals surface area contributed by atoms with Crippen LogP contribution in [0.1, 0.15) is 48.8 Å². The SMILES string of the molecule is CC1CCN(c2nc([C@@H](C)NC(=O)c3ccc4c(c3)OCO4)cc(=O)[nH]2)CC1. The second-order valence-corrected chi connectivity index (χ2v) is 7.43. The Hall–Kier alpha value is -3.03. The number of rotatable bonds is 4. The summed E-state index contributed by atoms with van der Waals surface area (Å²) in [6, 6.07) is 6.06. The van der Waals surface area contributed by atoms with Crippen LogP contribution in [0.5, 0.6) is 11.5 Å². The number of ether oxygens (including phenoxy) is 2. The normalized spacial score (nSPS) is 17.4. The van der Waals surface area contributed by atoms with E-state index < -0.39 is 6.04 Å². The minimum atomic E-state index is -0.414. The van der Waals surface area contributed by atoms with Crippen LogP contribution in [0, 0.1) is 5.92 Å². The fraction of sp³-hybridized carbons (Fsp3) is 0.450. The van der Waals surface area contributed by atoms with Gasteiger partial charge in [-0.15, -0.1) is 0 Å². The summed E-state index contributed by atoms with van der Waals surface area (Å²) in [6.45, 7) is 5.94. The second kappa shape index (κ2) is 7.53. The van der Waals surface area contributed by atoms with Crippen molar-refractivity contribution < 1.29 is 14.3 Å². The lowest BCUT2D eigenvalue weighted by Crippen LogP contribution is -2.36. The first-order valence-corrected chi connectivity index (χ1v) is 9.56. The van der Waals surface area contributed by atoms with Gasteiger partial charge in [-0.1, -0.05) is 6.92 Å². The predicted octanol–water partition coefficient (Wildman–Crippen LogP) is 2.23. The van der Waals surface area contributed by atoms with Gasteiger partial charge in [-0.25, -0.2) is 4.98 Å². The van der Waals surface area contributed by atoms with Crippen LogP contribution >= 0.6 is 0 Å². The number of hydrogen-bond donors (Lipinski definition) is 2. The number of carbonyl (C=O) groups is 1. The number of benzene rings is 1. The van der Waals surface area contributed by atoms with Gasteiger partial charge in [0, 0.05) is 24.7 Å². The van der Waals surface area contributed by atoms with Gasteiger partial charge in [-0.05, 0) is 43.9 Å². The molecule has 3 heterocycles. The molecule has 2 aliphatic rings. The molecular weight excluding hydrogens is 360 g/mol. The van der Waals surface area contributed by atoms with Crippen molar-refractivity contribution in [1.82, 2.24) is 15.3 Å². The number of fused-ring (bicyclic) bond motifs is 1. The second-order valence-electron chi connectivity index (χ2n) is 7.43. The number of nitrogens with zero attached hydrogens (tertiary/aromatic N) is 2. The van der Waals surface area contributed by atoms with Crippen molar-refractivity contribution in [3.63, 3.8) is 0 Å². The molecule has 0 radical (unpaired) electrons. The minimum absolute atomic E-state index is 0.158. The van der Waals surface area contributed by atoms with Gasteiger partial charge < -0.3 is 19.7 Å². The average Bonchev–Trinajstić information content (AvgIpc) is 3.15. The van der Waals surface area contributed by atoms with Gasteiger partial charge in [0.2, 0.25) is 12.7 Å². The van der Waals surface area contributed by atoms with Gasteiger partial charge in [-0.3, -0.25) is 14.6 Å². The van der Waals surface area contributed by atoms with E-state index in [0.717, 1.165) is 25.9 Å². The number of anilines is 1. The zero-order valence-corrected chi connectivity index (χ0v) is 16.0. The summed E-state index contributed by atoms with van der Waals surface area (Å²) < 4.78 is 10.6. The van der Waals surface area contributed by atoms with Crippen LogP contribution in [0.2, 0.25) is 0 Å². The highest BCUT2D eigenvalue weighted by Crippen LogP contribution is 2.32. The predicted molar refractivity (Wildman–Crippen MR) is 104 cm³/mol. The highest BCUT2D eigenvalue weighted by Gasteiger charge is 2.21. The van der Waals surface area contributed by atoms with E-state index >= 15 is 0 Å². The molecule has 1 aromatic heterocycles. The smallest absolute Gasteiger partial charge is 0.252 e. The Morgan fingerprint density at radius 2 is 2.00 bits per heavy atom. The van der Waals surface area contributed by atoms with Crippen LogP contribution in [0.15, 0.2) is 29.1 Å². The number of H-pyrrole nitrogens is 1. The van der Waals surface area contributed by atoms with Crippen LogP contribution in [-0.2, 0) is 0 Å². The van der Waals surface area contributed by atoms with Crippen molar-refractivity contribution >= 4 is 11.9 Å². The number of nitrogens with one attached hydrogen (secondary N) is 2. The third-order valence-corrected chi connectivity index (χ3v) is 5.26. The number of piperidine rings is 1. The average molecular weight is 384 g/mol. The van der Waals surface area contributed by atoms with Crippen LogP contribution < -0.4 is 25.2 Å². The maximum Gasteiger partial charge on any atom is 0.252 e. The van der Waals surface area contributed by atoms with E-state index in [1.807, 2.05) is 6.92 Å². The molecule has 28 heavy (non-hydrogen) atoms. The molecule has 2 aliphatic heterocycles. The summed E-state index contributed by atoms with van der Waals surface area (Å²) in [5.74, 6) is 2.17. The Morgan fingerprint density at radius 3 is 2.79 bits per heavy atom. The molecule has 1 atom stereocenters. The molecule has 0 saturated carbocycles. The molecule has 8 heteroatoms. The van der Waals surface area contributed by atoms with Crippen LogP contribution in [0.3, 0.4) is 0 Å². The first kappa shape index (κ1) is 18.3. The van der Waals surface area contributed by atoms with E-state index in [9.17, 15) is 9.59 Å². The number of amides is 1. The monoisotopic (exact) mass is 384 g/mol. The van der Waals surface area contributed by atoms with E-state index in [1.54, 1.807) is 18.2 Å². The Balaban J connectivity index is 1.49. The Kier molecular flexibility index (Phi) is 4.93. The largest absolute Gasteiger partial charge is 0.454 e. The molecular formula is C20H24N4O4. The Morgan fingerprint density at radius 1 is 1.25 bits per heavy atom. The van der Waals surface area contributed by atoms with Crippen molar-refractivity contribution in [2.75, 3.05) is 24.8 Å². The molecule has 1 saturated heterocycles. The van der Waals surface area contributed by atoms with E-state index in [1.165, 1.54) is 6.07 Å². The van der Waals surface area contributed by atoms with E-state index in [-0.39, 0.29) is 18.3 Å². The lowest BCUT2D eigenvalue weighted by Gasteiger charge is -2.31. The zero-order chi connectivity index (χ0) is 19.7. The molecule has 0 bridgehead atoms. The molecule has 2 N–H and O–H groups in total. The van der Waals surface area contributed by atoms with E-state index in [0.29, 0.717) is 34.6 Å². The number of hydrogen-bond acceptors (Lipinski definition) is 6. The lowest BCUT2D eigenvalue weighted by atomic mass is 10.00.